The van der Waals surface area contributed by atoms with Gasteiger partial charge in [0.05, 0.1) is 5.92 Å². The smallest absolute Gasteiger partial charge is 0.227 e. The van der Waals surface area contributed by atoms with Crippen LogP contribution in [-0.4, -0.2) is 24.9 Å². The van der Waals surface area contributed by atoms with E-state index in [-0.39, 0.29) is 24.2 Å². The van der Waals surface area contributed by atoms with Crippen LogP contribution in [0.25, 0.3) is 0 Å². The summed E-state index contributed by atoms with van der Waals surface area (Å²) in [4.78, 5) is 26.8. The first-order valence-corrected chi connectivity index (χ1v) is 9.63. The van der Waals surface area contributed by atoms with E-state index in [9.17, 15) is 9.59 Å². The molecule has 4 nitrogen and oxygen atoms in total. The van der Waals surface area contributed by atoms with Crippen molar-refractivity contribution >= 4 is 29.1 Å². The first-order chi connectivity index (χ1) is 12.8. The first kappa shape index (κ1) is 19.4. The number of nitrogens with zero attached hydrogens (tertiary/aromatic N) is 1. The number of benzene rings is 2. The number of carbonyl (C=O) groups excluding carboxylic acids is 2. The molecule has 0 saturated carbocycles. The Labute approximate surface area is 165 Å². The number of hydrogen-bond acceptors (Lipinski definition) is 2. The van der Waals surface area contributed by atoms with Gasteiger partial charge >= 0.3 is 0 Å². The molecule has 2 aromatic rings. The lowest BCUT2D eigenvalue weighted by atomic mass is 10.0. The van der Waals surface area contributed by atoms with Crippen molar-refractivity contribution in [2.75, 3.05) is 18.0 Å². The number of rotatable bonds is 5. The Hall–Kier alpha value is -2.33. The largest absolute Gasteiger partial charge is 0.355 e. The topological polar surface area (TPSA) is 49.4 Å². The summed E-state index contributed by atoms with van der Waals surface area (Å²) in [7, 11) is 0. The van der Waals surface area contributed by atoms with Gasteiger partial charge in [-0.2, -0.15) is 0 Å². The average molecular weight is 385 g/mol. The summed E-state index contributed by atoms with van der Waals surface area (Å²) in [6.07, 6.45) is 0.975. The third-order valence-corrected chi connectivity index (χ3v) is 5.24. The lowest BCUT2D eigenvalue weighted by Crippen LogP contribution is -2.34. The second-order valence-electron chi connectivity index (χ2n) is 7.32. The van der Waals surface area contributed by atoms with Crippen LogP contribution >= 0.6 is 11.6 Å². The van der Waals surface area contributed by atoms with Gasteiger partial charge in [0, 0.05) is 30.2 Å². The van der Waals surface area contributed by atoms with Gasteiger partial charge in [-0.05, 0) is 56.0 Å². The van der Waals surface area contributed by atoms with Gasteiger partial charge in [-0.25, -0.2) is 0 Å². The zero-order valence-electron chi connectivity index (χ0n) is 16.0. The van der Waals surface area contributed by atoms with Crippen LogP contribution in [0.1, 0.15) is 28.7 Å². The van der Waals surface area contributed by atoms with Gasteiger partial charge in [0.25, 0.3) is 0 Å². The summed E-state index contributed by atoms with van der Waals surface area (Å²) < 4.78 is 0. The number of aryl methyl sites for hydroxylation is 3. The minimum Gasteiger partial charge on any atom is -0.355 e. The van der Waals surface area contributed by atoms with Crippen molar-refractivity contribution in [2.24, 2.45) is 5.92 Å². The van der Waals surface area contributed by atoms with Crippen molar-refractivity contribution in [3.05, 3.63) is 63.7 Å². The summed E-state index contributed by atoms with van der Waals surface area (Å²) in [5.41, 5.74) is 5.35. The number of carbonyl (C=O) groups is 2. The SMILES string of the molecule is Cc1cc(C)c(N2CC(C(=O)NCCc3cccc(Cl)c3)CC2=O)c(C)c1. The molecule has 1 atom stereocenters. The van der Waals surface area contributed by atoms with Crippen LogP contribution in [0.2, 0.25) is 5.02 Å². The molecular formula is C22H25ClN2O2. The van der Waals surface area contributed by atoms with Crippen LogP contribution < -0.4 is 10.2 Å². The molecule has 3 rings (SSSR count). The van der Waals surface area contributed by atoms with Crippen LogP contribution in [0.5, 0.6) is 0 Å². The van der Waals surface area contributed by atoms with E-state index in [1.54, 1.807) is 4.90 Å². The van der Waals surface area contributed by atoms with Crippen molar-refractivity contribution in [1.82, 2.24) is 5.32 Å². The molecular weight excluding hydrogens is 360 g/mol. The van der Waals surface area contributed by atoms with Crippen molar-refractivity contribution in [3.8, 4) is 0 Å². The van der Waals surface area contributed by atoms with E-state index in [2.05, 4.69) is 17.4 Å². The monoisotopic (exact) mass is 384 g/mol. The highest BCUT2D eigenvalue weighted by Crippen LogP contribution is 2.31. The zero-order chi connectivity index (χ0) is 19.6. The lowest BCUT2D eigenvalue weighted by molar-refractivity contribution is -0.126. The highest BCUT2D eigenvalue weighted by molar-refractivity contribution is 6.30. The molecule has 0 radical (unpaired) electrons. The Morgan fingerprint density at radius 2 is 1.89 bits per heavy atom. The van der Waals surface area contributed by atoms with Gasteiger partial charge in [-0.15, -0.1) is 0 Å². The summed E-state index contributed by atoms with van der Waals surface area (Å²) in [6, 6.07) is 11.8. The summed E-state index contributed by atoms with van der Waals surface area (Å²) in [6.45, 7) is 7.05. The van der Waals surface area contributed by atoms with Crippen LogP contribution in [-0.2, 0) is 16.0 Å². The van der Waals surface area contributed by atoms with E-state index in [0.29, 0.717) is 24.5 Å². The fourth-order valence-corrected chi connectivity index (χ4v) is 4.08. The van der Waals surface area contributed by atoms with Gasteiger partial charge in [0.2, 0.25) is 11.8 Å². The average Bonchev–Trinajstić information content (AvgIpc) is 2.96. The second kappa shape index (κ2) is 8.13. The maximum atomic E-state index is 12.5. The molecule has 0 aliphatic carbocycles. The minimum absolute atomic E-state index is 0.0139. The fourth-order valence-electron chi connectivity index (χ4n) is 3.86. The van der Waals surface area contributed by atoms with Gasteiger partial charge in [0.15, 0.2) is 0 Å². The Kier molecular flexibility index (Phi) is 5.85. The first-order valence-electron chi connectivity index (χ1n) is 9.25. The molecule has 1 fully saturated rings. The third kappa shape index (κ3) is 4.51. The molecule has 1 unspecified atom stereocenters. The fraction of sp³-hybridized carbons (Fsp3) is 0.364. The standard InChI is InChI=1S/C22H25ClN2O2/c1-14-9-15(2)21(16(3)10-14)25-13-18(12-20(25)26)22(27)24-8-7-17-5-4-6-19(23)11-17/h4-6,9-11,18H,7-8,12-13H2,1-3H3,(H,24,27). The normalized spacial score (nSPS) is 16.7. The zero-order valence-corrected chi connectivity index (χ0v) is 16.8. The van der Waals surface area contributed by atoms with Crippen molar-refractivity contribution in [2.45, 2.75) is 33.6 Å². The highest BCUT2D eigenvalue weighted by Gasteiger charge is 2.36. The van der Waals surface area contributed by atoms with E-state index in [1.165, 1.54) is 5.56 Å². The van der Waals surface area contributed by atoms with Crippen LogP contribution in [0.3, 0.4) is 0 Å². The molecule has 1 saturated heterocycles. The molecule has 27 heavy (non-hydrogen) atoms. The number of anilines is 1. The number of halogens is 1. The molecule has 1 N–H and O–H groups in total. The molecule has 5 heteroatoms. The predicted octanol–water partition coefficient (Wildman–Crippen LogP) is 3.98. The molecule has 1 aliphatic rings. The van der Waals surface area contributed by atoms with Gasteiger partial charge in [-0.1, -0.05) is 41.4 Å². The molecule has 2 amide bonds. The van der Waals surface area contributed by atoms with Crippen LogP contribution in [0, 0.1) is 26.7 Å². The minimum atomic E-state index is -0.308. The Morgan fingerprint density at radius 3 is 2.56 bits per heavy atom. The Bertz CT molecular complexity index is 855. The van der Waals surface area contributed by atoms with E-state index in [1.807, 2.05) is 45.0 Å². The van der Waals surface area contributed by atoms with E-state index >= 15 is 0 Å². The molecule has 2 aromatic carbocycles. The second-order valence-corrected chi connectivity index (χ2v) is 7.76. The Balaban J connectivity index is 1.61. The molecule has 142 valence electrons. The highest BCUT2D eigenvalue weighted by atomic mass is 35.5. The van der Waals surface area contributed by atoms with E-state index in [4.69, 9.17) is 11.6 Å². The third-order valence-electron chi connectivity index (χ3n) is 5.00. The molecule has 1 heterocycles. The summed E-state index contributed by atoms with van der Waals surface area (Å²) >= 11 is 5.99. The number of amides is 2. The van der Waals surface area contributed by atoms with E-state index < -0.39 is 0 Å². The van der Waals surface area contributed by atoms with Crippen molar-refractivity contribution in [3.63, 3.8) is 0 Å². The Morgan fingerprint density at radius 1 is 1.19 bits per heavy atom. The van der Waals surface area contributed by atoms with Crippen molar-refractivity contribution in [1.29, 1.82) is 0 Å². The molecule has 0 spiro atoms. The predicted molar refractivity (Wildman–Crippen MR) is 109 cm³/mol. The lowest BCUT2D eigenvalue weighted by Gasteiger charge is -2.22. The maximum Gasteiger partial charge on any atom is 0.227 e. The van der Waals surface area contributed by atoms with Gasteiger partial charge < -0.3 is 10.2 Å². The van der Waals surface area contributed by atoms with E-state index in [0.717, 1.165) is 22.4 Å². The van der Waals surface area contributed by atoms with Crippen LogP contribution in [0.15, 0.2) is 36.4 Å². The van der Waals surface area contributed by atoms with Crippen LogP contribution in [0.4, 0.5) is 5.69 Å². The summed E-state index contributed by atoms with van der Waals surface area (Å²) in [5, 5.41) is 3.66. The van der Waals surface area contributed by atoms with Gasteiger partial charge in [0.1, 0.15) is 0 Å². The maximum absolute atomic E-state index is 12.5. The summed E-state index contributed by atoms with van der Waals surface area (Å²) in [5.74, 6) is -0.354. The number of nitrogens with one attached hydrogen (secondary N) is 1. The quantitative estimate of drug-likeness (QED) is 0.847. The van der Waals surface area contributed by atoms with Crippen molar-refractivity contribution < 1.29 is 9.59 Å². The molecule has 0 aromatic heterocycles. The number of hydrogen-bond donors (Lipinski definition) is 1. The van der Waals surface area contributed by atoms with Gasteiger partial charge in [-0.3, -0.25) is 9.59 Å². The molecule has 0 bridgehead atoms. The molecule has 1 aliphatic heterocycles.